The number of halogens is 1. The summed E-state index contributed by atoms with van der Waals surface area (Å²) in [4.78, 5) is 40.3. The fourth-order valence-electron chi connectivity index (χ4n) is 5.92. The highest BCUT2D eigenvalue weighted by Crippen LogP contribution is 2.36. The van der Waals surface area contributed by atoms with Crippen molar-refractivity contribution in [1.29, 1.82) is 0 Å². The molecule has 0 saturated carbocycles. The summed E-state index contributed by atoms with van der Waals surface area (Å²) in [6, 6.07) is 13.7. The van der Waals surface area contributed by atoms with Crippen molar-refractivity contribution < 1.29 is 24.0 Å². The van der Waals surface area contributed by atoms with Gasteiger partial charge in [-0.2, -0.15) is 5.10 Å². The number of nitro groups is 1. The first-order chi connectivity index (χ1) is 22.4. The molecule has 2 N–H and O–H groups in total. The normalized spacial score (nSPS) is 11.1. The molecule has 0 spiro atoms. The summed E-state index contributed by atoms with van der Waals surface area (Å²) in [6.07, 6.45) is 1.16. The lowest BCUT2D eigenvalue weighted by Crippen LogP contribution is -2.24. The van der Waals surface area contributed by atoms with Crippen LogP contribution in [0.5, 0.6) is 5.75 Å². The van der Waals surface area contributed by atoms with E-state index in [1.165, 1.54) is 19.2 Å². The molecule has 0 fully saturated rings. The van der Waals surface area contributed by atoms with Gasteiger partial charge in [0.15, 0.2) is 0 Å². The predicted molar refractivity (Wildman–Crippen MR) is 180 cm³/mol. The first-order valence-electron chi connectivity index (χ1n) is 15.1. The van der Waals surface area contributed by atoms with Crippen LogP contribution in [0.15, 0.2) is 48.5 Å². The number of hydrogen-bond donors (Lipinski definition) is 2. The highest BCUT2D eigenvalue weighted by atomic mass is 35.5. The van der Waals surface area contributed by atoms with E-state index in [-0.39, 0.29) is 17.8 Å². The van der Waals surface area contributed by atoms with E-state index in [1.807, 2.05) is 69.8 Å². The van der Waals surface area contributed by atoms with E-state index in [2.05, 4.69) is 15.4 Å². The molecule has 0 saturated heterocycles. The number of nitrogens with one attached hydrogen (secondary N) is 2. The Morgan fingerprint density at radius 3 is 2.45 bits per heavy atom. The summed E-state index contributed by atoms with van der Waals surface area (Å²) in [6.45, 7) is 8.20. The van der Waals surface area contributed by atoms with Crippen molar-refractivity contribution in [2.24, 2.45) is 7.05 Å². The maximum Gasteiger partial charge on any atom is 0.338 e. The number of fused-ring (bicyclic) bond motifs is 1. The summed E-state index contributed by atoms with van der Waals surface area (Å²) >= 11 is 6.32. The Balaban J connectivity index is 1.47. The Bertz CT molecular complexity index is 2010. The number of aromatic amines is 1. The zero-order chi connectivity index (χ0) is 34.0. The van der Waals surface area contributed by atoms with Crippen LogP contribution in [0.3, 0.4) is 0 Å². The zero-order valence-corrected chi connectivity index (χ0v) is 27.9. The fourth-order valence-corrected chi connectivity index (χ4v) is 6.02. The number of nitrogens with zero attached hydrogens (tertiary/aromatic N) is 3. The van der Waals surface area contributed by atoms with Crippen molar-refractivity contribution in [3.8, 4) is 16.9 Å². The van der Waals surface area contributed by atoms with Crippen LogP contribution >= 0.6 is 11.6 Å². The number of ether oxygens (including phenoxy) is 2. The van der Waals surface area contributed by atoms with Crippen molar-refractivity contribution in [1.82, 2.24) is 20.1 Å². The number of amides is 1. The van der Waals surface area contributed by atoms with Gasteiger partial charge in [-0.1, -0.05) is 29.8 Å². The number of nitro benzene ring substituents is 1. The Labute approximate surface area is 277 Å². The number of aromatic nitrogens is 3. The number of hydrogen-bond acceptors (Lipinski definition) is 7. The molecule has 1 amide bonds. The largest absolute Gasteiger partial charge is 0.494 e. The van der Waals surface area contributed by atoms with Crippen LogP contribution in [-0.2, 0) is 24.8 Å². The number of aryl methyl sites for hydroxylation is 5. The van der Waals surface area contributed by atoms with Crippen LogP contribution < -0.4 is 10.1 Å². The molecule has 3 aromatic carbocycles. The van der Waals surface area contributed by atoms with E-state index >= 15 is 0 Å². The molecular weight excluding hydrogens is 622 g/mol. The molecule has 0 atom stereocenters. The molecular formula is C35H36ClN5O6. The molecule has 5 rings (SSSR count). The van der Waals surface area contributed by atoms with Gasteiger partial charge >= 0.3 is 5.97 Å². The molecule has 2 aromatic heterocycles. The minimum atomic E-state index is -0.709. The lowest BCUT2D eigenvalue weighted by Gasteiger charge is -2.11. The van der Waals surface area contributed by atoms with E-state index in [0.29, 0.717) is 35.7 Å². The molecule has 244 valence electrons. The molecule has 11 nitrogen and oxygen atoms in total. The van der Waals surface area contributed by atoms with E-state index in [9.17, 15) is 19.7 Å². The van der Waals surface area contributed by atoms with Crippen LogP contribution in [0.25, 0.3) is 22.0 Å². The van der Waals surface area contributed by atoms with Gasteiger partial charge in [0.25, 0.3) is 11.6 Å². The van der Waals surface area contributed by atoms with Gasteiger partial charge in [0.1, 0.15) is 11.4 Å². The maximum absolute atomic E-state index is 13.8. The number of para-hydroxylation sites is 1. The maximum atomic E-state index is 13.8. The number of benzene rings is 3. The van der Waals surface area contributed by atoms with Crippen molar-refractivity contribution >= 4 is 40.1 Å². The summed E-state index contributed by atoms with van der Waals surface area (Å²) in [5, 5.41) is 20.6. The number of H-pyrrole nitrogens is 1. The number of rotatable bonds is 11. The van der Waals surface area contributed by atoms with Gasteiger partial charge in [0.2, 0.25) is 0 Å². The highest BCUT2D eigenvalue weighted by Gasteiger charge is 2.23. The van der Waals surface area contributed by atoms with Crippen molar-refractivity contribution in [2.45, 2.75) is 47.1 Å². The standard InChI is InChI=1S/C35H36ClN5O6/c1-19-13-26(14-20(2)31(19)36)47-12-8-11-28-27-9-7-10-29(30-21(3)39-40(5)22(30)4)32(27)38-33(28)34(42)37-18-23-15-24(35(43)46-6)17-25(16-23)41(44)45/h7,9-10,13-17,38H,8,11-12,18H2,1-6H3,(H,37,42). The number of esters is 1. The predicted octanol–water partition coefficient (Wildman–Crippen LogP) is 7.09. The van der Waals surface area contributed by atoms with E-state index in [0.717, 1.165) is 61.9 Å². The summed E-state index contributed by atoms with van der Waals surface area (Å²) in [7, 11) is 3.10. The third-order valence-electron chi connectivity index (χ3n) is 8.26. The number of non-ortho nitro benzene ring substituents is 1. The number of methoxy groups -OCH3 is 1. The average Bonchev–Trinajstić information content (AvgIpc) is 3.55. The van der Waals surface area contributed by atoms with Crippen molar-refractivity contribution in [3.63, 3.8) is 0 Å². The molecule has 0 radical (unpaired) electrons. The van der Waals surface area contributed by atoms with Gasteiger partial charge in [-0.15, -0.1) is 0 Å². The summed E-state index contributed by atoms with van der Waals surface area (Å²) in [5.41, 5.74) is 7.79. The van der Waals surface area contributed by atoms with Gasteiger partial charge in [-0.25, -0.2) is 4.79 Å². The molecule has 2 heterocycles. The zero-order valence-electron chi connectivity index (χ0n) is 27.1. The second-order valence-electron chi connectivity index (χ2n) is 11.5. The Morgan fingerprint density at radius 2 is 1.81 bits per heavy atom. The summed E-state index contributed by atoms with van der Waals surface area (Å²) in [5.74, 6) is -0.369. The quantitative estimate of drug-likeness (QED) is 0.0668. The third kappa shape index (κ3) is 6.85. The first kappa shape index (κ1) is 33.2. The number of carbonyl (C=O) groups is 2. The van der Waals surface area contributed by atoms with Crippen molar-refractivity contribution in [2.75, 3.05) is 13.7 Å². The van der Waals surface area contributed by atoms with Gasteiger partial charge in [-0.3, -0.25) is 19.6 Å². The lowest BCUT2D eigenvalue weighted by atomic mass is 9.98. The topological polar surface area (TPSA) is 141 Å². The first-order valence-corrected chi connectivity index (χ1v) is 15.5. The molecule has 12 heteroatoms. The minimum absolute atomic E-state index is 0.0233. The van der Waals surface area contributed by atoms with Crippen LogP contribution in [-0.4, -0.2) is 45.3 Å². The molecule has 47 heavy (non-hydrogen) atoms. The lowest BCUT2D eigenvalue weighted by molar-refractivity contribution is -0.385. The van der Waals surface area contributed by atoms with Gasteiger partial charge in [0, 0.05) is 53.0 Å². The van der Waals surface area contributed by atoms with Gasteiger partial charge in [-0.05, 0) is 81.0 Å². The molecule has 0 aliphatic rings. The highest BCUT2D eigenvalue weighted by molar-refractivity contribution is 6.32. The van der Waals surface area contributed by atoms with Crippen LogP contribution in [0.1, 0.15) is 60.9 Å². The number of carbonyl (C=O) groups excluding carboxylic acids is 2. The molecule has 0 bridgehead atoms. The Morgan fingerprint density at radius 1 is 1.09 bits per heavy atom. The second kappa shape index (κ2) is 13.7. The monoisotopic (exact) mass is 657 g/mol. The van der Waals surface area contributed by atoms with Crippen LogP contribution in [0.2, 0.25) is 5.02 Å². The van der Waals surface area contributed by atoms with E-state index in [4.69, 9.17) is 21.1 Å². The average molecular weight is 658 g/mol. The molecule has 5 aromatic rings. The Hall–Kier alpha value is -5.16. The SMILES string of the molecule is COC(=O)c1cc(CNC(=O)c2[nH]c3c(-c4c(C)nn(C)c4C)cccc3c2CCCOc2cc(C)c(Cl)c(C)c2)cc([N+](=O)[O-])c1. The van der Waals surface area contributed by atoms with Crippen molar-refractivity contribution in [3.05, 3.63) is 109 Å². The van der Waals surface area contributed by atoms with Gasteiger partial charge < -0.3 is 19.8 Å². The Kier molecular flexibility index (Phi) is 9.67. The van der Waals surface area contributed by atoms with Crippen LogP contribution in [0.4, 0.5) is 5.69 Å². The molecule has 0 aliphatic carbocycles. The fraction of sp³-hybridized carbons (Fsp3) is 0.286. The summed E-state index contributed by atoms with van der Waals surface area (Å²) < 4.78 is 12.6. The minimum Gasteiger partial charge on any atom is -0.494 e. The third-order valence-corrected chi connectivity index (χ3v) is 8.86. The van der Waals surface area contributed by atoms with Crippen LogP contribution in [0, 0.1) is 37.8 Å². The second-order valence-corrected chi connectivity index (χ2v) is 11.9. The van der Waals surface area contributed by atoms with Gasteiger partial charge in [0.05, 0.1) is 35.4 Å². The molecule has 0 aliphatic heterocycles. The molecule has 0 unspecified atom stereocenters. The van der Waals surface area contributed by atoms with E-state index in [1.54, 1.807) is 0 Å². The van der Waals surface area contributed by atoms with E-state index < -0.39 is 16.8 Å². The smallest absolute Gasteiger partial charge is 0.338 e.